The molecule has 15 heavy (non-hydrogen) atoms. The third kappa shape index (κ3) is 2.95. The maximum absolute atomic E-state index is 8.97. The lowest BCUT2D eigenvalue weighted by Gasteiger charge is -2.08. The van der Waals surface area contributed by atoms with Gasteiger partial charge in [0, 0.05) is 0 Å². The van der Waals surface area contributed by atoms with E-state index >= 15 is 0 Å². The van der Waals surface area contributed by atoms with Crippen LogP contribution in [0.25, 0.3) is 0 Å². The minimum atomic E-state index is 0.785. The first-order valence-corrected chi connectivity index (χ1v) is 5.18. The molecule has 0 aliphatic carbocycles. The van der Waals surface area contributed by atoms with Crippen molar-refractivity contribution in [2.24, 2.45) is 0 Å². The predicted octanol–water partition coefficient (Wildman–Crippen LogP) is 3.64. The van der Waals surface area contributed by atoms with Crippen molar-refractivity contribution in [3.63, 3.8) is 0 Å². The first-order chi connectivity index (χ1) is 7.19. The van der Waals surface area contributed by atoms with Crippen molar-refractivity contribution in [3.8, 4) is 6.07 Å². The molecule has 0 aliphatic heterocycles. The molecule has 0 heterocycles. The maximum atomic E-state index is 8.97. The summed E-state index contributed by atoms with van der Waals surface area (Å²) in [6.07, 6.45) is 3.91. The second-order valence-corrected chi connectivity index (χ2v) is 3.70. The van der Waals surface area contributed by atoms with Crippen LogP contribution in [0.15, 0.2) is 30.4 Å². The number of hydrogen-bond acceptors (Lipinski definition) is 1. The van der Waals surface area contributed by atoms with Crippen LogP contribution in [0, 0.1) is 17.8 Å². The zero-order chi connectivity index (χ0) is 11.3. The lowest BCUT2D eigenvalue weighted by molar-refractivity contribution is 1.06. The molecule has 0 saturated heterocycles. The van der Waals surface area contributed by atoms with E-state index < -0.39 is 0 Å². The van der Waals surface area contributed by atoms with Crippen LogP contribution in [0.3, 0.4) is 0 Å². The smallest absolute Gasteiger partial charge is 0.0994 e. The van der Waals surface area contributed by atoms with Crippen LogP contribution < -0.4 is 0 Å². The maximum Gasteiger partial charge on any atom is 0.0994 e. The van der Waals surface area contributed by atoms with Crippen molar-refractivity contribution in [2.45, 2.75) is 26.7 Å². The van der Waals surface area contributed by atoms with E-state index in [9.17, 15) is 0 Å². The Bertz CT molecular complexity index is 396. The van der Waals surface area contributed by atoms with Gasteiger partial charge in [-0.2, -0.15) is 5.26 Å². The van der Waals surface area contributed by atoms with Gasteiger partial charge in [0.1, 0.15) is 0 Å². The minimum absolute atomic E-state index is 0.785. The van der Waals surface area contributed by atoms with Crippen LogP contribution in [0.1, 0.15) is 37.0 Å². The van der Waals surface area contributed by atoms with Gasteiger partial charge in [-0.15, -0.1) is 6.58 Å². The van der Waals surface area contributed by atoms with Crippen molar-refractivity contribution < 1.29 is 0 Å². The molecular formula is C14H16N. The minimum Gasteiger partial charge on any atom is -0.192 e. The summed E-state index contributed by atoms with van der Waals surface area (Å²) in [6, 6.07) is 8.09. The summed E-state index contributed by atoms with van der Waals surface area (Å²) in [5.41, 5.74) is 4.23. The molecule has 1 nitrogen and oxygen atoms in total. The van der Waals surface area contributed by atoms with E-state index in [1.807, 2.05) is 19.1 Å². The lowest BCUT2D eigenvalue weighted by Crippen LogP contribution is -1.95. The van der Waals surface area contributed by atoms with Crippen LogP contribution in [0.4, 0.5) is 0 Å². The monoisotopic (exact) mass is 198 g/mol. The second kappa shape index (κ2) is 5.36. The predicted molar refractivity (Wildman–Crippen MR) is 63.4 cm³/mol. The highest BCUT2D eigenvalue weighted by molar-refractivity contribution is 5.46. The molecule has 1 radical (unpaired) electrons. The molecule has 1 aromatic rings. The Kier molecular flexibility index (Phi) is 4.12. The molecule has 0 spiro atoms. The molecular weight excluding hydrogens is 182 g/mol. The van der Waals surface area contributed by atoms with Crippen molar-refractivity contribution in [2.75, 3.05) is 0 Å². The van der Waals surface area contributed by atoms with Crippen LogP contribution in [-0.2, 0) is 6.42 Å². The number of nitriles is 1. The summed E-state index contributed by atoms with van der Waals surface area (Å²) < 4.78 is 0. The van der Waals surface area contributed by atoms with Crippen LogP contribution in [-0.4, -0.2) is 0 Å². The molecule has 0 bridgehead atoms. The summed E-state index contributed by atoms with van der Waals surface area (Å²) in [5, 5.41) is 8.97. The summed E-state index contributed by atoms with van der Waals surface area (Å²) in [5.74, 6) is 0. The van der Waals surface area contributed by atoms with Crippen molar-refractivity contribution in [1.29, 1.82) is 5.26 Å². The Morgan fingerprint density at radius 2 is 2.27 bits per heavy atom. The van der Waals surface area contributed by atoms with E-state index in [2.05, 4.69) is 32.1 Å². The normalized spacial score (nSPS) is 9.67. The second-order valence-electron chi connectivity index (χ2n) is 3.70. The van der Waals surface area contributed by atoms with E-state index in [0.717, 1.165) is 29.5 Å². The number of benzene rings is 1. The van der Waals surface area contributed by atoms with Gasteiger partial charge >= 0.3 is 0 Å². The topological polar surface area (TPSA) is 23.8 Å². The Labute approximate surface area is 92.1 Å². The molecule has 0 N–H and O–H groups in total. The molecule has 1 heteroatoms. The lowest BCUT2D eigenvalue weighted by atomic mass is 9.95. The Morgan fingerprint density at radius 3 is 2.80 bits per heavy atom. The zero-order valence-electron chi connectivity index (χ0n) is 9.38. The van der Waals surface area contributed by atoms with Crippen molar-refractivity contribution in [1.82, 2.24) is 0 Å². The fraction of sp³-hybridized carbons (Fsp3) is 0.286. The van der Waals surface area contributed by atoms with Crippen LogP contribution in [0.5, 0.6) is 0 Å². The van der Waals surface area contributed by atoms with Crippen LogP contribution >= 0.6 is 0 Å². The van der Waals surface area contributed by atoms with Gasteiger partial charge in [0.25, 0.3) is 0 Å². The SMILES string of the molecule is C=C(C)C[CH]c1cccc(C#N)c1CC. The fourth-order valence-electron chi connectivity index (χ4n) is 1.58. The number of rotatable bonds is 4. The third-order valence-corrected chi connectivity index (χ3v) is 2.36. The van der Waals surface area contributed by atoms with E-state index in [-0.39, 0.29) is 0 Å². The highest BCUT2D eigenvalue weighted by atomic mass is 14.2. The molecule has 1 rings (SSSR count). The highest BCUT2D eigenvalue weighted by Crippen LogP contribution is 2.19. The van der Waals surface area contributed by atoms with E-state index in [1.54, 1.807) is 0 Å². The van der Waals surface area contributed by atoms with Crippen molar-refractivity contribution >= 4 is 0 Å². The largest absolute Gasteiger partial charge is 0.192 e. The molecule has 0 atom stereocenters. The zero-order valence-corrected chi connectivity index (χ0v) is 9.38. The van der Waals surface area contributed by atoms with Gasteiger partial charge < -0.3 is 0 Å². The van der Waals surface area contributed by atoms with Gasteiger partial charge in [-0.25, -0.2) is 0 Å². The summed E-state index contributed by atoms with van der Waals surface area (Å²) in [6.45, 7) is 7.96. The molecule has 0 aromatic heterocycles. The first-order valence-electron chi connectivity index (χ1n) is 5.18. The molecule has 0 amide bonds. The molecule has 77 valence electrons. The first kappa shape index (κ1) is 11.5. The molecule has 0 saturated carbocycles. The van der Waals surface area contributed by atoms with Gasteiger partial charge in [-0.05, 0) is 43.4 Å². The fourth-order valence-corrected chi connectivity index (χ4v) is 1.58. The van der Waals surface area contributed by atoms with Gasteiger partial charge in [0.15, 0.2) is 0 Å². The van der Waals surface area contributed by atoms with E-state index in [1.165, 1.54) is 5.56 Å². The quantitative estimate of drug-likeness (QED) is 0.677. The van der Waals surface area contributed by atoms with Gasteiger partial charge in [0.05, 0.1) is 11.6 Å². The van der Waals surface area contributed by atoms with Gasteiger partial charge in [-0.3, -0.25) is 0 Å². The van der Waals surface area contributed by atoms with E-state index in [0.29, 0.717) is 0 Å². The summed E-state index contributed by atoms with van der Waals surface area (Å²) in [4.78, 5) is 0. The average molecular weight is 198 g/mol. The molecule has 0 unspecified atom stereocenters. The molecule has 0 aliphatic rings. The standard InChI is InChI=1S/C14H16N/c1-4-14-12(9-8-11(2)3)6-5-7-13(14)10-15/h5-7,9H,2,4,8H2,1,3H3. The Balaban J connectivity index is 2.97. The summed E-state index contributed by atoms with van der Waals surface area (Å²) >= 11 is 0. The Hall–Kier alpha value is -1.55. The highest BCUT2D eigenvalue weighted by Gasteiger charge is 2.05. The average Bonchev–Trinajstić information content (AvgIpc) is 2.25. The number of nitrogens with zero attached hydrogens (tertiary/aromatic N) is 1. The van der Waals surface area contributed by atoms with Crippen molar-refractivity contribution in [3.05, 3.63) is 53.5 Å². The van der Waals surface area contributed by atoms with Crippen LogP contribution in [0.2, 0.25) is 0 Å². The number of hydrogen-bond donors (Lipinski definition) is 0. The molecule has 0 fully saturated rings. The Morgan fingerprint density at radius 1 is 1.53 bits per heavy atom. The van der Waals surface area contributed by atoms with Gasteiger partial charge in [0.2, 0.25) is 0 Å². The third-order valence-electron chi connectivity index (χ3n) is 2.36. The molecule has 1 aromatic carbocycles. The number of allylic oxidation sites excluding steroid dienone is 1. The summed E-state index contributed by atoms with van der Waals surface area (Å²) in [7, 11) is 0. The van der Waals surface area contributed by atoms with Gasteiger partial charge in [-0.1, -0.05) is 24.6 Å². The van der Waals surface area contributed by atoms with E-state index in [4.69, 9.17) is 5.26 Å².